The first-order chi connectivity index (χ1) is 21.4. The van der Waals surface area contributed by atoms with E-state index in [1.807, 2.05) is 42.5 Å². The molecular weight excluding hydrogens is 558 g/mol. The van der Waals surface area contributed by atoms with Crippen molar-refractivity contribution in [2.24, 2.45) is 0 Å². The van der Waals surface area contributed by atoms with Crippen LogP contribution in [0.15, 0.2) is 77.9 Å². The zero-order valence-corrected chi connectivity index (χ0v) is 25.1. The SMILES string of the molecule is CCCCCCOc1ccc(/C=C(\C#N)C(=O)Oc2ccc(/C=C(\C#N)C(=O)NCc3ccccc3)cc2OC)cc1OC. The first-order valence-corrected chi connectivity index (χ1v) is 14.2. The summed E-state index contributed by atoms with van der Waals surface area (Å²) in [4.78, 5) is 25.5. The third-order valence-corrected chi connectivity index (χ3v) is 6.46. The van der Waals surface area contributed by atoms with Crippen molar-refractivity contribution < 1.29 is 28.5 Å². The lowest BCUT2D eigenvalue weighted by atomic mass is 10.1. The van der Waals surface area contributed by atoms with E-state index >= 15 is 0 Å². The van der Waals surface area contributed by atoms with E-state index in [0.29, 0.717) is 29.2 Å². The number of nitrogens with zero attached hydrogens (tertiary/aromatic N) is 2. The number of hydrogen-bond donors (Lipinski definition) is 1. The van der Waals surface area contributed by atoms with E-state index in [4.69, 9.17) is 18.9 Å². The second-order valence-electron chi connectivity index (χ2n) is 9.63. The molecule has 9 nitrogen and oxygen atoms in total. The number of rotatable bonds is 15. The van der Waals surface area contributed by atoms with Crippen LogP contribution in [-0.2, 0) is 16.1 Å². The maximum atomic E-state index is 12.9. The average molecular weight is 594 g/mol. The molecule has 226 valence electrons. The van der Waals surface area contributed by atoms with Gasteiger partial charge in [0.05, 0.1) is 20.8 Å². The van der Waals surface area contributed by atoms with E-state index < -0.39 is 11.9 Å². The quantitative estimate of drug-likeness (QED) is 0.0704. The Hall–Kier alpha value is -5.54. The molecule has 0 atom stereocenters. The van der Waals surface area contributed by atoms with Gasteiger partial charge in [-0.2, -0.15) is 10.5 Å². The number of carbonyl (C=O) groups excluding carboxylic acids is 2. The molecule has 0 aromatic heterocycles. The number of amides is 1. The molecule has 1 N–H and O–H groups in total. The molecule has 9 heteroatoms. The lowest BCUT2D eigenvalue weighted by Gasteiger charge is -2.12. The maximum absolute atomic E-state index is 12.9. The Bertz CT molecular complexity index is 1580. The summed E-state index contributed by atoms with van der Waals surface area (Å²) in [5.74, 6) is -0.120. The molecule has 0 bridgehead atoms. The molecule has 3 aromatic rings. The molecule has 0 radical (unpaired) electrons. The monoisotopic (exact) mass is 593 g/mol. The molecule has 0 heterocycles. The van der Waals surface area contributed by atoms with Gasteiger partial charge in [0, 0.05) is 6.54 Å². The summed E-state index contributed by atoms with van der Waals surface area (Å²) in [7, 11) is 2.91. The lowest BCUT2D eigenvalue weighted by Crippen LogP contribution is -2.23. The Balaban J connectivity index is 1.71. The Labute approximate surface area is 257 Å². The van der Waals surface area contributed by atoms with Gasteiger partial charge in [0.15, 0.2) is 23.0 Å². The van der Waals surface area contributed by atoms with Crippen molar-refractivity contribution in [3.05, 3.63) is 94.6 Å². The van der Waals surface area contributed by atoms with Crippen LogP contribution in [0.25, 0.3) is 12.2 Å². The Morgan fingerprint density at radius 2 is 1.39 bits per heavy atom. The first kappa shape index (κ1) is 33.0. The van der Waals surface area contributed by atoms with Crippen molar-refractivity contribution in [1.82, 2.24) is 5.32 Å². The van der Waals surface area contributed by atoms with Gasteiger partial charge < -0.3 is 24.3 Å². The molecule has 0 aliphatic carbocycles. The van der Waals surface area contributed by atoms with Gasteiger partial charge >= 0.3 is 5.97 Å². The van der Waals surface area contributed by atoms with E-state index in [1.54, 1.807) is 24.3 Å². The number of benzene rings is 3. The number of ether oxygens (including phenoxy) is 4. The van der Waals surface area contributed by atoms with E-state index in [9.17, 15) is 20.1 Å². The van der Waals surface area contributed by atoms with Crippen molar-refractivity contribution in [1.29, 1.82) is 10.5 Å². The van der Waals surface area contributed by atoms with Crippen LogP contribution in [0.4, 0.5) is 0 Å². The molecule has 3 rings (SSSR count). The Kier molecular flexibility index (Phi) is 13.1. The van der Waals surface area contributed by atoms with Crippen molar-refractivity contribution in [2.45, 2.75) is 39.2 Å². The minimum Gasteiger partial charge on any atom is -0.493 e. The normalized spacial score (nSPS) is 11.1. The number of nitriles is 2. The third-order valence-electron chi connectivity index (χ3n) is 6.46. The van der Waals surface area contributed by atoms with Crippen LogP contribution in [0, 0.1) is 22.7 Å². The minimum absolute atomic E-state index is 0.0623. The van der Waals surface area contributed by atoms with Gasteiger partial charge in [-0.15, -0.1) is 0 Å². The molecule has 0 saturated carbocycles. The molecule has 44 heavy (non-hydrogen) atoms. The van der Waals surface area contributed by atoms with Crippen molar-refractivity contribution >= 4 is 24.0 Å². The fraction of sp³-hybridized carbons (Fsp3) is 0.257. The molecule has 0 aliphatic rings. The van der Waals surface area contributed by atoms with Crippen LogP contribution in [0.2, 0.25) is 0 Å². The second-order valence-corrected chi connectivity index (χ2v) is 9.63. The van der Waals surface area contributed by atoms with Gasteiger partial charge in [-0.1, -0.05) is 68.7 Å². The van der Waals surface area contributed by atoms with Gasteiger partial charge in [0.25, 0.3) is 5.91 Å². The van der Waals surface area contributed by atoms with Gasteiger partial charge in [-0.25, -0.2) is 4.79 Å². The van der Waals surface area contributed by atoms with E-state index in [0.717, 1.165) is 31.2 Å². The third kappa shape index (κ3) is 9.78. The highest BCUT2D eigenvalue weighted by Gasteiger charge is 2.17. The molecule has 0 spiro atoms. The van der Waals surface area contributed by atoms with Gasteiger partial charge in [-0.05, 0) is 59.5 Å². The zero-order chi connectivity index (χ0) is 31.7. The fourth-order valence-electron chi connectivity index (χ4n) is 4.11. The Morgan fingerprint density at radius 3 is 2.00 bits per heavy atom. The lowest BCUT2D eigenvalue weighted by molar-refractivity contribution is -0.129. The van der Waals surface area contributed by atoms with Crippen LogP contribution in [0.3, 0.4) is 0 Å². The molecule has 3 aromatic carbocycles. The molecule has 0 fully saturated rings. The van der Waals surface area contributed by atoms with E-state index in [-0.39, 0.29) is 29.2 Å². The number of unbranched alkanes of at least 4 members (excludes halogenated alkanes) is 3. The predicted octanol–water partition coefficient (Wildman–Crippen LogP) is 6.40. The number of methoxy groups -OCH3 is 2. The molecular formula is C35H35N3O6. The smallest absolute Gasteiger partial charge is 0.354 e. The molecule has 0 saturated heterocycles. The van der Waals surface area contributed by atoms with Gasteiger partial charge in [-0.3, -0.25) is 4.79 Å². The summed E-state index contributed by atoms with van der Waals surface area (Å²) in [5.41, 5.74) is 1.58. The molecule has 1 amide bonds. The highest BCUT2D eigenvalue weighted by atomic mass is 16.6. The summed E-state index contributed by atoms with van der Waals surface area (Å²) in [5, 5.41) is 22.0. The highest BCUT2D eigenvalue weighted by molar-refractivity contribution is 6.02. The fourth-order valence-corrected chi connectivity index (χ4v) is 4.11. The van der Waals surface area contributed by atoms with E-state index in [2.05, 4.69) is 12.2 Å². The maximum Gasteiger partial charge on any atom is 0.354 e. The van der Waals surface area contributed by atoms with Crippen molar-refractivity contribution in [3.63, 3.8) is 0 Å². The summed E-state index contributed by atoms with van der Waals surface area (Å²) in [6.07, 6.45) is 7.12. The van der Waals surface area contributed by atoms with Crippen LogP contribution < -0.4 is 24.3 Å². The van der Waals surface area contributed by atoms with Crippen LogP contribution in [0.1, 0.15) is 49.3 Å². The second kappa shape index (κ2) is 17.4. The topological polar surface area (TPSA) is 131 Å². The number of esters is 1. The van der Waals surface area contributed by atoms with Crippen LogP contribution >= 0.6 is 0 Å². The van der Waals surface area contributed by atoms with E-state index in [1.165, 1.54) is 38.5 Å². The molecule has 0 unspecified atom stereocenters. The highest BCUT2D eigenvalue weighted by Crippen LogP contribution is 2.31. The summed E-state index contributed by atoms with van der Waals surface area (Å²) in [6, 6.07) is 22.8. The van der Waals surface area contributed by atoms with Gasteiger partial charge in [0.2, 0.25) is 0 Å². The Morgan fingerprint density at radius 1 is 0.773 bits per heavy atom. The van der Waals surface area contributed by atoms with Gasteiger partial charge in [0.1, 0.15) is 23.3 Å². The van der Waals surface area contributed by atoms with Crippen molar-refractivity contribution in [3.8, 4) is 35.1 Å². The molecule has 0 aliphatic heterocycles. The standard InChI is InChI=1S/C35H35N3O6/c1-4-5-6-10-17-43-30-15-13-27(20-32(30)41-2)19-29(23-37)35(40)44-31-16-14-26(21-33(31)42-3)18-28(22-36)34(39)38-24-25-11-8-7-9-12-25/h7-9,11-16,18-21H,4-6,10,17,24H2,1-3H3,(H,38,39)/b28-18+,29-19+. The van der Waals surface area contributed by atoms with Crippen molar-refractivity contribution in [2.75, 3.05) is 20.8 Å². The van der Waals surface area contributed by atoms with Crippen LogP contribution in [0.5, 0.6) is 23.0 Å². The average Bonchev–Trinajstić information content (AvgIpc) is 3.06. The summed E-state index contributed by atoms with van der Waals surface area (Å²) in [6.45, 7) is 2.99. The van der Waals surface area contributed by atoms with Crippen LogP contribution in [-0.4, -0.2) is 32.7 Å². The largest absolute Gasteiger partial charge is 0.493 e. The zero-order valence-electron chi connectivity index (χ0n) is 25.1. The summed E-state index contributed by atoms with van der Waals surface area (Å²) < 4.78 is 22.1. The predicted molar refractivity (Wildman–Crippen MR) is 167 cm³/mol. The number of nitrogens with one attached hydrogen (secondary N) is 1. The summed E-state index contributed by atoms with van der Waals surface area (Å²) >= 11 is 0. The number of hydrogen-bond acceptors (Lipinski definition) is 8. The number of carbonyl (C=O) groups is 2. The first-order valence-electron chi connectivity index (χ1n) is 14.2. The minimum atomic E-state index is -0.887.